The summed E-state index contributed by atoms with van der Waals surface area (Å²) in [7, 11) is -4.72. The van der Waals surface area contributed by atoms with Crippen molar-refractivity contribution in [1.29, 1.82) is 0 Å². The van der Waals surface area contributed by atoms with Crippen LogP contribution in [0.1, 0.15) is 6.42 Å². The number of esters is 2. The van der Waals surface area contributed by atoms with E-state index in [1.165, 1.54) is 0 Å². The fourth-order valence-corrected chi connectivity index (χ4v) is 4.08. The zero-order valence-corrected chi connectivity index (χ0v) is 13.3. The molecule has 1 heterocycles. The first-order chi connectivity index (χ1) is 10.3. The molecule has 0 radical (unpaired) electrons. The van der Waals surface area contributed by atoms with Crippen LogP contribution in [-0.2, 0) is 29.2 Å². The number of halogens is 4. The zero-order valence-electron chi connectivity index (χ0n) is 11.7. The van der Waals surface area contributed by atoms with Crippen molar-refractivity contribution in [2.24, 2.45) is 5.92 Å². The molecule has 13 heteroatoms. The van der Waals surface area contributed by atoms with Crippen LogP contribution in [0.5, 0.6) is 0 Å². The van der Waals surface area contributed by atoms with Crippen LogP contribution in [0, 0.1) is 5.92 Å². The van der Waals surface area contributed by atoms with Crippen LogP contribution in [0.25, 0.3) is 0 Å². The van der Waals surface area contributed by atoms with Crippen molar-refractivity contribution in [2.75, 3.05) is 14.2 Å². The second-order valence-corrected chi connectivity index (χ2v) is 7.36. The summed E-state index contributed by atoms with van der Waals surface area (Å²) in [5, 5.41) is -9.17. The van der Waals surface area contributed by atoms with Gasteiger partial charge in [0.2, 0.25) is 0 Å². The number of rotatable bonds is 5. The molecule has 1 fully saturated rings. The van der Waals surface area contributed by atoms with Gasteiger partial charge in [-0.3, -0.25) is 14.1 Å². The van der Waals surface area contributed by atoms with Gasteiger partial charge >= 0.3 is 33.2 Å². The summed E-state index contributed by atoms with van der Waals surface area (Å²) >= 11 is 0.299. The van der Waals surface area contributed by atoms with E-state index in [1.54, 1.807) is 0 Å². The van der Waals surface area contributed by atoms with Crippen molar-refractivity contribution >= 4 is 33.8 Å². The highest BCUT2D eigenvalue weighted by Crippen LogP contribution is 2.53. The lowest BCUT2D eigenvalue weighted by Gasteiger charge is -2.30. The van der Waals surface area contributed by atoms with E-state index in [0.29, 0.717) is 11.8 Å². The Hall–Kier alpha value is -1.08. The molecule has 1 aliphatic heterocycles. The van der Waals surface area contributed by atoms with Crippen molar-refractivity contribution < 1.29 is 49.6 Å². The third-order valence-electron chi connectivity index (χ3n) is 3.22. The lowest BCUT2D eigenvalue weighted by atomic mass is 9.92. The summed E-state index contributed by atoms with van der Waals surface area (Å²) in [5.41, 5.74) is 0. The van der Waals surface area contributed by atoms with Crippen molar-refractivity contribution in [3.8, 4) is 0 Å². The molecule has 1 aliphatic rings. The number of alkyl halides is 4. The van der Waals surface area contributed by atoms with E-state index < -0.39 is 56.1 Å². The summed E-state index contributed by atoms with van der Waals surface area (Å²) in [6.07, 6.45) is -0.963. The molecule has 0 aromatic rings. The van der Waals surface area contributed by atoms with Crippen LogP contribution in [0.4, 0.5) is 17.6 Å². The SMILES string of the molecule is COC(=O)C1CC(C(F)(F)C(F)(F)S(=O)(=O)O)C(C(=O)OC)S1. The number of carbonyl (C=O) groups excluding carboxylic acids is 2. The Morgan fingerprint density at radius 2 is 1.61 bits per heavy atom. The predicted molar refractivity (Wildman–Crippen MR) is 68.7 cm³/mol. The third kappa shape index (κ3) is 3.40. The van der Waals surface area contributed by atoms with Gasteiger partial charge in [-0.05, 0) is 6.42 Å². The fraction of sp³-hybridized carbons (Fsp3) is 0.800. The van der Waals surface area contributed by atoms with E-state index in [0.717, 1.165) is 14.2 Å². The highest BCUT2D eigenvalue weighted by molar-refractivity contribution is 8.02. The van der Waals surface area contributed by atoms with E-state index in [9.17, 15) is 35.6 Å². The van der Waals surface area contributed by atoms with E-state index in [2.05, 4.69) is 9.47 Å². The lowest BCUT2D eigenvalue weighted by molar-refractivity contribution is -0.196. The van der Waals surface area contributed by atoms with Gasteiger partial charge in [0.25, 0.3) is 0 Å². The van der Waals surface area contributed by atoms with Crippen LogP contribution < -0.4 is 0 Å². The molecule has 134 valence electrons. The molecule has 0 bridgehead atoms. The van der Waals surface area contributed by atoms with E-state index in [4.69, 9.17) is 4.55 Å². The molecule has 7 nitrogen and oxygen atoms in total. The van der Waals surface area contributed by atoms with Gasteiger partial charge in [-0.2, -0.15) is 26.0 Å². The predicted octanol–water partition coefficient (Wildman–Crippen LogP) is 0.939. The van der Waals surface area contributed by atoms with Crippen molar-refractivity contribution in [1.82, 2.24) is 0 Å². The number of thioether (sulfide) groups is 1. The number of ether oxygens (including phenoxy) is 2. The van der Waals surface area contributed by atoms with Crippen LogP contribution >= 0.6 is 11.8 Å². The molecule has 3 unspecified atom stereocenters. The molecule has 0 aromatic carbocycles. The minimum Gasteiger partial charge on any atom is -0.468 e. The molecule has 0 amide bonds. The molecule has 23 heavy (non-hydrogen) atoms. The molecule has 1 saturated heterocycles. The van der Waals surface area contributed by atoms with Crippen LogP contribution in [0.2, 0.25) is 0 Å². The summed E-state index contributed by atoms with van der Waals surface area (Å²) in [4.78, 5) is 22.9. The average molecular weight is 384 g/mol. The second kappa shape index (κ2) is 6.43. The molecule has 0 aromatic heterocycles. The number of hydrogen-bond acceptors (Lipinski definition) is 7. The van der Waals surface area contributed by atoms with Crippen molar-refractivity contribution in [3.63, 3.8) is 0 Å². The van der Waals surface area contributed by atoms with Gasteiger partial charge in [0, 0.05) is 0 Å². The van der Waals surface area contributed by atoms with E-state index in [1.807, 2.05) is 0 Å². The van der Waals surface area contributed by atoms with Gasteiger partial charge < -0.3 is 9.47 Å². The molecular weight excluding hydrogens is 372 g/mol. The van der Waals surface area contributed by atoms with Gasteiger partial charge in [0.15, 0.2) is 0 Å². The molecule has 0 spiro atoms. The minimum absolute atomic E-state index is 0.299. The average Bonchev–Trinajstić information content (AvgIpc) is 2.89. The van der Waals surface area contributed by atoms with Gasteiger partial charge in [0.1, 0.15) is 10.5 Å². The van der Waals surface area contributed by atoms with Crippen molar-refractivity contribution in [3.05, 3.63) is 0 Å². The monoisotopic (exact) mass is 384 g/mol. The Kier molecular flexibility index (Phi) is 5.58. The van der Waals surface area contributed by atoms with Crippen LogP contribution in [-0.4, -0.2) is 60.8 Å². The molecule has 1 rings (SSSR count). The van der Waals surface area contributed by atoms with Gasteiger partial charge in [0.05, 0.1) is 20.1 Å². The maximum absolute atomic E-state index is 14.0. The van der Waals surface area contributed by atoms with Crippen molar-refractivity contribution in [2.45, 2.75) is 28.1 Å². The first-order valence-corrected chi connectivity index (χ1v) is 8.23. The van der Waals surface area contributed by atoms with Gasteiger partial charge in [-0.15, -0.1) is 11.8 Å². The maximum atomic E-state index is 14.0. The summed E-state index contributed by atoms with van der Waals surface area (Å²) in [5.74, 6) is -10.3. The smallest absolute Gasteiger partial charge is 0.431 e. The normalized spacial score (nSPS) is 26.0. The zero-order chi connectivity index (χ0) is 18.2. The Labute approximate surface area is 132 Å². The maximum Gasteiger partial charge on any atom is 0.431 e. The Morgan fingerprint density at radius 1 is 1.13 bits per heavy atom. The number of hydrogen-bond donors (Lipinski definition) is 1. The topological polar surface area (TPSA) is 107 Å². The number of carbonyl (C=O) groups is 2. The fourth-order valence-electron chi connectivity index (χ4n) is 2.03. The van der Waals surface area contributed by atoms with Gasteiger partial charge in [-0.25, -0.2) is 0 Å². The first kappa shape index (κ1) is 20.0. The quantitative estimate of drug-likeness (QED) is 0.424. The highest BCUT2D eigenvalue weighted by Gasteiger charge is 2.72. The lowest BCUT2D eigenvalue weighted by Crippen LogP contribution is -2.54. The minimum atomic E-state index is -6.46. The molecule has 0 saturated carbocycles. The van der Waals surface area contributed by atoms with Gasteiger partial charge in [-0.1, -0.05) is 0 Å². The first-order valence-electron chi connectivity index (χ1n) is 5.85. The van der Waals surface area contributed by atoms with Crippen LogP contribution in [0.15, 0.2) is 0 Å². The Bertz CT molecular complexity index is 592. The molecular formula is C10H12F4O7S2. The van der Waals surface area contributed by atoms with E-state index in [-0.39, 0.29) is 0 Å². The third-order valence-corrected chi connectivity index (χ3v) is 5.67. The number of methoxy groups -OCH3 is 2. The second-order valence-electron chi connectivity index (χ2n) is 4.55. The Morgan fingerprint density at radius 3 is 2.00 bits per heavy atom. The highest BCUT2D eigenvalue weighted by atomic mass is 32.2. The molecule has 1 N–H and O–H groups in total. The summed E-state index contributed by atoms with van der Waals surface area (Å²) in [6.45, 7) is 0. The standard InChI is InChI=1S/C10H12F4O7S2/c1-20-7(15)5-3-4(6(22-5)8(16)21-2)9(11,12)10(13,14)23(17,18)19/h4-6H,3H2,1-2H3,(H,17,18,19). The van der Waals surface area contributed by atoms with Crippen LogP contribution in [0.3, 0.4) is 0 Å². The largest absolute Gasteiger partial charge is 0.468 e. The van der Waals surface area contributed by atoms with E-state index >= 15 is 0 Å². The summed E-state index contributed by atoms with van der Waals surface area (Å²) in [6, 6.07) is 0. The summed E-state index contributed by atoms with van der Waals surface area (Å²) < 4.78 is 93.0. The Balaban J connectivity index is 3.29. The molecule has 0 aliphatic carbocycles. The molecule has 3 atom stereocenters.